The molecule has 0 saturated heterocycles. The molecule has 2 aromatic rings. The van der Waals surface area contributed by atoms with E-state index < -0.39 is 4.92 Å². The first-order valence-electron chi connectivity index (χ1n) is 4.95. The van der Waals surface area contributed by atoms with Gasteiger partial charge in [0.25, 0.3) is 5.69 Å². The van der Waals surface area contributed by atoms with Gasteiger partial charge in [-0.2, -0.15) is 0 Å². The molecule has 0 saturated carbocycles. The first-order valence-corrected chi connectivity index (χ1v) is 6.52. The zero-order chi connectivity index (χ0) is 13.1. The molecule has 0 amide bonds. The van der Waals surface area contributed by atoms with Crippen molar-refractivity contribution in [1.29, 1.82) is 0 Å². The van der Waals surface area contributed by atoms with E-state index in [1.54, 1.807) is 36.4 Å². The van der Waals surface area contributed by atoms with Crippen LogP contribution in [0.3, 0.4) is 0 Å². The molecule has 6 heteroatoms. The molecular formula is C12H7Cl2NO2S. The topological polar surface area (TPSA) is 43.1 Å². The Labute approximate surface area is 118 Å². The summed E-state index contributed by atoms with van der Waals surface area (Å²) in [5.41, 5.74) is 0.0542. The van der Waals surface area contributed by atoms with Gasteiger partial charge in [-0.3, -0.25) is 10.1 Å². The van der Waals surface area contributed by atoms with Gasteiger partial charge in [0.1, 0.15) is 0 Å². The molecule has 0 aliphatic carbocycles. The van der Waals surface area contributed by atoms with Crippen molar-refractivity contribution in [3.63, 3.8) is 0 Å². The summed E-state index contributed by atoms with van der Waals surface area (Å²) in [5, 5.41) is 11.7. The summed E-state index contributed by atoms with van der Waals surface area (Å²) in [6, 6.07) is 11.7. The van der Waals surface area contributed by atoms with Crippen molar-refractivity contribution in [2.45, 2.75) is 9.79 Å². The smallest absolute Gasteiger partial charge is 0.258 e. The standard InChI is InChI=1S/C12H7Cl2NO2S/c13-8-4-3-7-11(12(8)14)18-10-6-2-1-5-9(10)15(16)17/h1-7H. The summed E-state index contributed by atoms with van der Waals surface area (Å²) in [6.07, 6.45) is 0. The number of nitro benzene ring substituents is 1. The Hall–Kier alpha value is -1.23. The number of rotatable bonds is 3. The average Bonchev–Trinajstić information content (AvgIpc) is 2.35. The number of hydrogen-bond donors (Lipinski definition) is 0. The first kappa shape index (κ1) is 13.2. The van der Waals surface area contributed by atoms with E-state index in [0.29, 0.717) is 19.8 Å². The third kappa shape index (κ3) is 2.77. The SMILES string of the molecule is O=[N+]([O-])c1ccccc1Sc1cccc(Cl)c1Cl. The van der Waals surface area contributed by atoms with Gasteiger partial charge in [0.05, 0.1) is 19.9 Å². The molecule has 3 nitrogen and oxygen atoms in total. The van der Waals surface area contributed by atoms with Gasteiger partial charge in [-0.25, -0.2) is 0 Å². The number of para-hydroxylation sites is 1. The predicted molar refractivity (Wildman–Crippen MR) is 73.7 cm³/mol. The van der Waals surface area contributed by atoms with Crippen LogP contribution in [-0.2, 0) is 0 Å². The number of benzene rings is 2. The zero-order valence-electron chi connectivity index (χ0n) is 8.97. The predicted octanol–water partition coefficient (Wildman–Crippen LogP) is 5.05. The molecule has 0 atom stereocenters. The van der Waals surface area contributed by atoms with Crippen molar-refractivity contribution < 1.29 is 4.92 Å². The lowest BCUT2D eigenvalue weighted by atomic mass is 10.3. The molecule has 92 valence electrons. The molecule has 2 aromatic carbocycles. The van der Waals surface area contributed by atoms with E-state index in [0.717, 1.165) is 0 Å². The largest absolute Gasteiger partial charge is 0.283 e. The Morgan fingerprint density at radius 1 is 1.00 bits per heavy atom. The van der Waals surface area contributed by atoms with Gasteiger partial charge in [0, 0.05) is 11.0 Å². The highest BCUT2D eigenvalue weighted by atomic mass is 35.5. The average molecular weight is 300 g/mol. The van der Waals surface area contributed by atoms with Crippen molar-refractivity contribution in [1.82, 2.24) is 0 Å². The summed E-state index contributed by atoms with van der Waals surface area (Å²) in [5.74, 6) is 0. The lowest BCUT2D eigenvalue weighted by molar-refractivity contribution is -0.387. The number of hydrogen-bond acceptors (Lipinski definition) is 3. The molecule has 0 N–H and O–H groups in total. The Balaban J connectivity index is 2.40. The lowest BCUT2D eigenvalue weighted by Gasteiger charge is -2.05. The Morgan fingerprint density at radius 2 is 1.67 bits per heavy atom. The van der Waals surface area contributed by atoms with Crippen LogP contribution in [0.1, 0.15) is 0 Å². The Morgan fingerprint density at radius 3 is 2.39 bits per heavy atom. The van der Waals surface area contributed by atoms with Gasteiger partial charge in [-0.05, 0) is 18.2 Å². The van der Waals surface area contributed by atoms with E-state index in [1.165, 1.54) is 17.8 Å². The van der Waals surface area contributed by atoms with Crippen LogP contribution in [-0.4, -0.2) is 4.92 Å². The van der Waals surface area contributed by atoms with Crippen molar-refractivity contribution >= 4 is 40.7 Å². The first-order chi connectivity index (χ1) is 8.59. The number of nitrogens with zero attached hydrogens (tertiary/aromatic N) is 1. The van der Waals surface area contributed by atoms with E-state index in [4.69, 9.17) is 23.2 Å². The van der Waals surface area contributed by atoms with E-state index >= 15 is 0 Å². The third-order valence-electron chi connectivity index (χ3n) is 2.20. The maximum atomic E-state index is 10.9. The monoisotopic (exact) mass is 299 g/mol. The fourth-order valence-electron chi connectivity index (χ4n) is 1.38. The quantitative estimate of drug-likeness (QED) is 0.588. The third-order valence-corrected chi connectivity index (χ3v) is 4.25. The fraction of sp³-hybridized carbons (Fsp3) is 0. The minimum Gasteiger partial charge on any atom is -0.258 e. The van der Waals surface area contributed by atoms with Crippen molar-refractivity contribution in [2.75, 3.05) is 0 Å². The summed E-state index contributed by atoms with van der Waals surface area (Å²) >= 11 is 13.2. The lowest BCUT2D eigenvalue weighted by Crippen LogP contribution is -1.90. The molecule has 0 fully saturated rings. The highest BCUT2D eigenvalue weighted by Crippen LogP contribution is 2.40. The molecule has 0 bridgehead atoms. The van der Waals surface area contributed by atoms with Gasteiger partial charge in [-0.15, -0.1) is 0 Å². The van der Waals surface area contributed by atoms with Gasteiger partial charge >= 0.3 is 0 Å². The van der Waals surface area contributed by atoms with Crippen LogP contribution in [0.4, 0.5) is 5.69 Å². The second kappa shape index (κ2) is 5.61. The van der Waals surface area contributed by atoms with Crippen LogP contribution in [0.25, 0.3) is 0 Å². The Bertz CT molecular complexity index is 604. The Kier molecular flexibility index (Phi) is 4.11. The van der Waals surface area contributed by atoms with Crippen LogP contribution in [0.5, 0.6) is 0 Å². The fourth-order valence-corrected chi connectivity index (χ4v) is 2.82. The van der Waals surface area contributed by atoms with Crippen molar-refractivity contribution in [2.24, 2.45) is 0 Å². The van der Waals surface area contributed by atoms with Crippen LogP contribution in [0.2, 0.25) is 10.0 Å². The zero-order valence-corrected chi connectivity index (χ0v) is 11.3. The van der Waals surface area contributed by atoms with Gasteiger partial charge in [0.15, 0.2) is 0 Å². The van der Waals surface area contributed by atoms with Crippen molar-refractivity contribution in [3.8, 4) is 0 Å². The van der Waals surface area contributed by atoms with Crippen LogP contribution in [0, 0.1) is 10.1 Å². The molecule has 0 aromatic heterocycles. The maximum absolute atomic E-state index is 10.9. The normalized spacial score (nSPS) is 10.3. The second-order valence-corrected chi connectivity index (χ2v) is 5.25. The summed E-state index contributed by atoms with van der Waals surface area (Å²) in [4.78, 5) is 11.7. The molecule has 0 radical (unpaired) electrons. The van der Waals surface area contributed by atoms with Gasteiger partial charge in [0.2, 0.25) is 0 Å². The van der Waals surface area contributed by atoms with E-state index in [2.05, 4.69) is 0 Å². The molecule has 0 unspecified atom stereocenters. The number of halogens is 2. The highest BCUT2D eigenvalue weighted by Gasteiger charge is 2.15. The molecule has 18 heavy (non-hydrogen) atoms. The highest BCUT2D eigenvalue weighted by molar-refractivity contribution is 7.99. The van der Waals surface area contributed by atoms with Crippen LogP contribution >= 0.6 is 35.0 Å². The minimum atomic E-state index is -0.416. The van der Waals surface area contributed by atoms with Gasteiger partial charge in [-0.1, -0.05) is 53.2 Å². The van der Waals surface area contributed by atoms with Crippen LogP contribution < -0.4 is 0 Å². The van der Waals surface area contributed by atoms with Crippen molar-refractivity contribution in [3.05, 3.63) is 62.6 Å². The summed E-state index contributed by atoms with van der Waals surface area (Å²) in [6.45, 7) is 0. The minimum absolute atomic E-state index is 0.0542. The number of nitro groups is 1. The molecule has 0 aliphatic rings. The molecule has 0 spiro atoms. The van der Waals surface area contributed by atoms with Gasteiger partial charge < -0.3 is 0 Å². The summed E-state index contributed by atoms with van der Waals surface area (Å²) in [7, 11) is 0. The molecule has 2 rings (SSSR count). The molecule has 0 aliphatic heterocycles. The summed E-state index contributed by atoms with van der Waals surface area (Å²) < 4.78 is 0. The van der Waals surface area contributed by atoms with E-state index in [9.17, 15) is 10.1 Å². The maximum Gasteiger partial charge on any atom is 0.283 e. The molecular weight excluding hydrogens is 293 g/mol. The van der Waals surface area contributed by atoms with E-state index in [1.807, 2.05) is 0 Å². The second-order valence-electron chi connectivity index (χ2n) is 3.38. The van der Waals surface area contributed by atoms with Crippen LogP contribution in [0.15, 0.2) is 52.3 Å². The van der Waals surface area contributed by atoms with E-state index in [-0.39, 0.29) is 5.69 Å². The molecule has 0 heterocycles.